The number of aromatic nitrogens is 1. The Morgan fingerprint density at radius 1 is 1.27 bits per heavy atom. The van der Waals surface area contributed by atoms with Crippen molar-refractivity contribution in [2.24, 2.45) is 0 Å². The summed E-state index contributed by atoms with van der Waals surface area (Å²) >= 11 is 0. The summed E-state index contributed by atoms with van der Waals surface area (Å²) in [6, 6.07) is 3.99. The Bertz CT molecular complexity index is 402. The third kappa shape index (κ3) is 2.81. The van der Waals surface area contributed by atoms with E-state index in [0.717, 1.165) is 6.54 Å². The largest absolute Gasteiger partial charge is 0.377 e. The molecule has 0 saturated heterocycles. The molecule has 0 aliphatic carbocycles. The van der Waals surface area contributed by atoms with Crippen LogP contribution in [0.25, 0.3) is 6.08 Å². The zero-order chi connectivity index (χ0) is 10.5. The summed E-state index contributed by atoms with van der Waals surface area (Å²) in [5, 5.41) is 0. The molecule has 1 aliphatic heterocycles. The summed E-state index contributed by atoms with van der Waals surface area (Å²) in [7, 11) is 2.07. The van der Waals surface area contributed by atoms with Gasteiger partial charge in [0, 0.05) is 26.0 Å². The van der Waals surface area contributed by atoms with Crippen LogP contribution in [0.4, 0.5) is 0 Å². The molecule has 0 unspecified atom stereocenters. The number of nitrogens with zero attached hydrogens (tertiary/aromatic N) is 2. The highest BCUT2D eigenvalue weighted by molar-refractivity contribution is 5.54. The van der Waals surface area contributed by atoms with E-state index in [1.54, 1.807) is 12.4 Å². The van der Waals surface area contributed by atoms with Crippen molar-refractivity contribution < 1.29 is 0 Å². The van der Waals surface area contributed by atoms with Gasteiger partial charge in [-0.2, -0.15) is 0 Å². The first-order chi connectivity index (χ1) is 7.34. The highest BCUT2D eigenvalue weighted by Gasteiger charge is 1.96. The van der Waals surface area contributed by atoms with Gasteiger partial charge in [-0.05, 0) is 35.5 Å². The molecular weight excluding hydrogens is 184 g/mol. The second-order valence-electron chi connectivity index (χ2n) is 3.57. The van der Waals surface area contributed by atoms with Crippen molar-refractivity contribution in [1.82, 2.24) is 9.88 Å². The summed E-state index contributed by atoms with van der Waals surface area (Å²) < 4.78 is 0. The average Bonchev–Trinajstić information content (AvgIpc) is 2.30. The molecule has 1 aromatic heterocycles. The minimum absolute atomic E-state index is 0.979. The fourth-order valence-electron chi connectivity index (χ4n) is 1.38. The van der Waals surface area contributed by atoms with Gasteiger partial charge < -0.3 is 4.90 Å². The predicted molar refractivity (Wildman–Crippen MR) is 63.1 cm³/mol. The highest BCUT2D eigenvalue weighted by Crippen LogP contribution is 2.09. The maximum atomic E-state index is 3.98. The van der Waals surface area contributed by atoms with E-state index in [0.29, 0.717) is 0 Å². The van der Waals surface area contributed by atoms with Gasteiger partial charge in [0.25, 0.3) is 0 Å². The monoisotopic (exact) mass is 198 g/mol. The number of likely N-dealkylation sites (N-methyl/N-ethyl adjacent to an activating group) is 1. The molecule has 0 radical (unpaired) electrons. The number of hydrogen-bond acceptors (Lipinski definition) is 2. The smallest absolute Gasteiger partial charge is 0.0359 e. The lowest BCUT2D eigenvalue weighted by molar-refractivity contribution is 0.503. The molecule has 15 heavy (non-hydrogen) atoms. The molecule has 2 heterocycles. The standard InChI is InChI=1S/C13H14N2/c1-15-10-6-13(7-11-15)3-2-12-4-8-14-9-5-12/h2-10H,11H2,1H3. The fraction of sp³-hybridized carbons (Fsp3) is 0.154. The van der Waals surface area contributed by atoms with Crippen LogP contribution < -0.4 is 0 Å². The van der Waals surface area contributed by atoms with E-state index in [2.05, 4.69) is 47.4 Å². The van der Waals surface area contributed by atoms with Gasteiger partial charge in [0.05, 0.1) is 0 Å². The Balaban J connectivity index is 2.04. The van der Waals surface area contributed by atoms with E-state index in [9.17, 15) is 0 Å². The Hall–Kier alpha value is -1.83. The summed E-state index contributed by atoms with van der Waals surface area (Å²) in [4.78, 5) is 6.12. The van der Waals surface area contributed by atoms with Gasteiger partial charge in [0.2, 0.25) is 0 Å². The van der Waals surface area contributed by atoms with Crippen molar-refractivity contribution in [3.05, 3.63) is 60.1 Å². The van der Waals surface area contributed by atoms with Crippen molar-refractivity contribution >= 4 is 6.08 Å². The van der Waals surface area contributed by atoms with Crippen LogP contribution >= 0.6 is 0 Å². The number of rotatable bonds is 2. The van der Waals surface area contributed by atoms with Gasteiger partial charge in [0.1, 0.15) is 0 Å². The van der Waals surface area contributed by atoms with Crippen molar-refractivity contribution in [3.8, 4) is 0 Å². The molecule has 0 saturated carbocycles. The molecule has 2 rings (SSSR count). The van der Waals surface area contributed by atoms with Crippen LogP contribution in [-0.4, -0.2) is 23.5 Å². The van der Waals surface area contributed by atoms with Crippen LogP contribution in [-0.2, 0) is 0 Å². The molecule has 0 N–H and O–H groups in total. The summed E-state index contributed by atoms with van der Waals surface area (Å²) in [5.74, 6) is 0. The number of pyridine rings is 1. The van der Waals surface area contributed by atoms with E-state index < -0.39 is 0 Å². The molecule has 0 aromatic carbocycles. The maximum Gasteiger partial charge on any atom is 0.0359 e. The van der Waals surface area contributed by atoms with E-state index >= 15 is 0 Å². The first-order valence-corrected chi connectivity index (χ1v) is 5.01. The fourth-order valence-corrected chi connectivity index (χ4v) is 1.38. The lowest BCUT2D eigenvalue weighted by atomic mass is 10.1. The van der Waals surface area contributed by atoms with Crippen molar-refractivity contribution in [1.29, 1.82) is 0 Å². The molecule has 0 fully saturated rings. The SMILES string of the molecule is CN1C=CC(C=Cc2ccncc2)=CC1. The normalized spacial score (nSPS) is 15.8. The van der Waals surface area contributed by atoms with Crippen molar-refractivity contribution in [2.45, 2.75) is 0 Å². The average molecular weight is 198 g/mol. The lowest BCUT2D eigenvalue weighted by Gasteiger charge is -2.15. The van der Waals surface area contributed by atoms with Crippen molar-refractivity contribution in [3.63, 3.8) is 0 Å². The zero-order valence-corrected chi connectivity index (χ0v) is 8.80. The molecule has 0 atom stereocenters. The highest BCUT2D eigenvalue weighted by atomic mass is 15.1. The van der Waals surface area contributed by atoms with Gasteiger partial charge >= 0.3 is 0 Å². The van der Waals surface area contributed by atoms with E-state index in [4.69, 9.17) is 0 Å². The Morgan fingerprint density at radius 2 is 2.07 bits per heavy atom. The lowest BCUT2D eigenvalue weighted by Crippen LogP contribution is -2.12. The van der Waals surface area contributed by atoms with E-state index in [1.165, 1.54) is 11.1 Å². The van der Waals surface area contributed by atoms with Crippen LogP contribution in [0.5, 0.6) is 0 Å². The molecule has 2 nitrogen and oxygen atoms in total. The van der Waals surface area contributed by atoms with Crippen LogP contribution in [0, 0.1) is 0 Å². The molecule has 0 spiro atoms. The van der Waals surface area contributed by atoms with Gasteiger partial charge in [-0.25, -0.2) is 0 Å². The van der Waals surface area contributed by atoms with Gasteiger partial charge in [-0.1, -0.05) is 18.2 Å². The molecule has 0 bridgehead atoms. The second kappa shape index (κ2) is 4.60. The van der Waals surface area contributed by atoms with Crippen molar-refractivity contribution in [2.75, 3.05) is 13.6 Å². The first-order valence-electron chi connectivity index (χ1n) is 5.01. The third-order valence-electron chi connectivity index (χ3n) is 2.31. The van der Waals surface area contributed by atoms with Crippen LogP contribution in [0.2, 0.25) is 0 Å². The topological polar surface area (TPSA) is 16.1 Å². The van der Waals surface area contributed by atoms with Gasteiger partial charge in [-0.15, -0.1) is 0 Å². The van der Waals surface area contributed by atoms with Crippen LogP contribution in [0.3, 0.4) is 0 Å². The maximum absolute atomic E-state index is 3.98. The summed E-state index contributed by atoms with van der Waals surface area (Å²) in [5.41, 5.74) is 2.43. The minimum atomic E-state index is 0.979. The Labute approximate surface area is 90.3 Å². The zero-order valence-electron chi connectivity index (χ0n) is 8.80. The molecule has 1 aliphatic rings. The third-order valence-corrected chi connectivity index (χ3v) is 2.31. The number of allylic oxidation sites excluding steroid dienone is 3. The van der Waals surface area contributed by atoms with Gasteiger partial charge in [0.15, 0.2) is 0 Å². The molecule has 2 heteroatoms. The second-order valence-corrected chi connectivity index (χ2v) is 3.57. The van der Waals surface area contributed by atoms with Gasteiger partial charge in [-0.3, -0.25) is 4.98 Å². The summed E-state index contributed by atoms with van der Waals surface area (Å²) in [6.07, 6.45) is 14.2. The molecule has 1 aromatic rings. The Kier molecular flexibility index (Phi) is 2.98. The molecular formula is C13H14N2. The minimum Gasteiger partial charge on any atom is -0.377 e. The number of hydrogen-bond donors (Lipinski definition) is 0. The van der Waals surface area contributed by atoms with E-state index in [-0.39, 0.29) is 0 Å². The van der Waals surface area contributed by atoms with Crippen LogP contribution in [0.15, 0.2) is 54.5 Å². The van der Waals surface area contributed by atoms with E-state index in [1.807, 2.05) is 12.1 Å². The van der Waals surface area contributed by atoms with Crippen LogP contribution in [0.1, 0.15) is 5.56 Å². The molecule has 0 amide bonds. The first kappa shape index (κ1) is 9.71. The Morgan fingerprint density at radius 3 is 2.73 bits per heavy atom. The summed E-state index contributed by atoms with van der Waals surface area (Å²) in [6.45, 7) is 0.979. The quantitative estimate of drug-likeness (QED) is 0.725. The molecule has 76 valence electrons. The predicted octanol–water partition coefficient (Wildman–Crippen LogP) is 2.48.